The molecule has 0 aliphatic heterocycles. The minimum absolute atomic E-state index is 0.00995. The van der Waals surface area contributed by atoms with Crippen LogP contribution in [-0.4, -0.2) is 20.7 Å². The molecule has 8 heteroatoms. The van der Waals surface area contributed by atoms with E-state index >= 15 is 0 Å². The Morgan fingerprint density at radius 1 is 1.17 bits per heavy atom. The molecule has 29 heavy (non-hydrogen) atoms. The molecule has 3 rings (SSSR count). The lowest BCUT2D eigenvalue weighted by Crippen LogP contribution is -2.26. The lowest BCUT2D eigenvalue weighted by molar-refractivity contribution is 0.0945. The molecule has 1 amide bonds. The number of halogens is 2. The van der Waals surface area contributed by atoms with Crippen LogP contribution in [0.2, 0.25) is 5.02 Å². The highest BCUT2D eigenvalue weighted by molar-refractivity contribution is 7.98. The fourth-order valence-electron chi connectivity index (χ4n) is 2.76. The molecule has 0 fully saturated rings. The van der Waals surface area contributed by atoms with Gasteiger partial charge >= 0.3 is 0 Å². The SMILES string of the molecule is CC(C)Cn1c(CNC(=O)c2ccccc2F)nnc1SCc1ccccc1Cl. The summed E-state index contributed by atoms with van der Waals surface area (Å²) in [6, 6.07) is 13.6. The van der Waals surface area contributed by atoms with E-state index in [-0.39, 0.29) is 12.1 Å². The number of aromatic nitrogens is 3. The standard InChI is InChI=1S/C21H22ClFN4OS/c1-14(2)12-27-19(11-24-20(28)16-8-4-6-10-18(16)23)25-26-21(27)29-13-15-7-3-5-9-17(15)22/h3-10,14H,11-13H2,1-2H3,(H,24,28). The molecule has 2 aromatic carbocycles. The zero-order valence-electron chi connectivity index (χ0n) is 16.2. The first kappa shape index (κ1) is 21.3. The largest absolute Gasteiger partial charge is 0.345 e. The van der Waals surface area contributed by atoms with E-state index in [2.05, 4.69) is 29.4 Å². The van der Waals surface area contributed by atoms with Crippen LogP contribution in [0.25, 0.3) is 0 Å². The van der Waals surface area contributed by atoms with E-state index < -0.39 is 11.7 Å². The summed E-state index contributed by atoms with van der Waals surface area (Å²) in [4.78, 5) is 12.3. The molecule has 1 N–H and O–H groups in total. The summed E-state index contributed by atoms with van der Waals surface area (Å²) in [5.74, 6) is 0.631. The van der Waals surface area contributed by atoms with Gasteiger partial charge in [-0.25, -0.2) is 4.39 Å². The van der Waals surface area contributed by atoms with E-state index in [9.17, 15) is 9.18 Å². The van der Waals surface area contributed by atoms with E-state index in [0.717, 1.165) is 10.7 Å². The Morgan fingerprint density at radius 3 is 2.62 bits per heavy atom. The third kappa shape index (κ3) is 5.58. The predicted octanol–water partition coefficient (Wildman–Crippen LogP) is 4.95. The van der Waals surface area contributed by atoms with Gasteiger partial charge in [-0.1, -0.05) is 67.5 Å². The number of thioether (sulfide) groups is 1. The van der Waals surface area contributed by atoms with Crippen LogP contribution >= 0.6 is 23.4 Å². The van der Waals surface area contributed by atoms with Crippen molar-refractivity contribution in [3.63, 3.8) is 0 Å². The molecule has 152 valence electrons. The van der Waals surface area contributed by atoms with Crippen LogP contribution in [0.15, 0.2) is 53.7 Å². The van der Waals surface area contributed by atoms with Gasteiger partial charge in [0.15, 0.2) is 11.0 Å². The molecule has 0 unspecified atom stereocenters. The topological polar surface area (TPSA) is 59.8 Å². The second-order valence-electron chi connectivity index (χ2n) is 6.95. The molecule has 0 saturated heterocycles. The van der Waals surface area contributed by atoms with E-state index in [1.165, 1.54) is 12.1 Å². The Morgan fingerprint density at radius 2 is 1.90 bits per heavy atom. The number of carbonyl (C=O) groups is 1. The number of nitrogens with one attached hydrogen (secondary N) is 1. The van der Waals surface area contributed by atoms with Gasteiger partial charge in [-0.05, 0) is 29.7 Å². The smallest absolute Gasteiger partial charge is 0.254 e. The van der Waals surface area contributed by atoms with Crippen molar-refractivity contribution in [2.45, 2.75) is 37.8 Å². The average Bonchev–Trinajstić information content (AvgIpc) is 3.07. The number of carbonyl (C=O) groups excluding carboxylic acids is 1. The maximum atomic E-state index is 13.8. The molecule has 0 aliphatic rings. The molecule has 5 nitrogen and oxygen atoms in total. The van der Waals surface area contributed by atoms with Gasteiger partial charge in [0.25, 0.3) is 5.91 Å². The molecule has 0 bridgehead atoms. The third-order valence-corrected chi connectivity index (χ3v) is 5.57. The molecule has 0 saturated carbocycles. The third-order valence-electron chi connectivity index (χ3n) is 4.18. The number of amides is 1. The minimum atomic E-state index is -0.551. The maximum absolute atomic E-state index is 13.8. The Bertz CT molecular complexity index is 992. The van der Waals surface area contributed by atoms with Crippen LogP contribution in [-0.2, 0) is 18.8 Å². The highest BCUT2D eigenvalue weighted by atomic mass is 35.5. The van der Waals surface area contributed by atoms with Crippen molar-refractivity contribution in [3.05, 3.63) is 76.3 Å². The molecule has 0 radical (unpaired) electrons. The van der Waals surface area contributed by atoms with Crippen molar-refractivity contribution in [1.82, 2.24) is 20.1 Å². The summed E-state index contributed by atoms with van der Waals surface area (Å²) < 4.78 is 15.8. The normalized spacial score (nSPS) is 11.1. The van der Waals surface area contributed by atoms with Crippen LogP contribution in [0.4, 0.5) is 4.39 Å². The second kappa shape index (κ2) is 9.89. The van der Waals surface area contributed by atoms with Crippen LogP contribution in [0, 0.1) is 11.7 Å². The van der Waals surface area contributed by atoms with Crippen LogP contribution < -0.4 is 5.32 Å². The Labute approximate surface area is 178 Å². The van der Waals surface area contributed by atoms with E-state index in [0.29, 0.717) is 29.1 Å². The quantitative estimate of drug-likeness (QED) is 0.511. The number of nitrogens with zero attached hydrogens (tertiary/aromatic N) is 3. The zero-order chi connectivity index (χ0) is 20.8. The second-order valence-corrected chi connectivity index (χ2v) is 8.30. The monoisotopic (exact) mass is 432 g/mol. The average molecular weight is 433 g/mol. The summed E-state index contributed by atoms with van der Waals surface area (Å²) in [7, 11) is 0. The predicted molar refractivity (Wildman–Crippen MR) is 113 cm³/mol. The Hall–Kier alpha value is -2.38. The minimum Gasteiger partial charge on any atom is -0.345 e. The Kier molecular flexibility index (Phi) is 7.28. The molecular weight excluding hydrogens is 411 g/mol. The fourth-order valence-corrected chi connectivity index (χ4v) is 4.02. The summed E-state index contributed by atoms with van der Waals surface area (Å²) in [6.45, 7) is 5.08. The van der Waals surface area contributed by atoms with Gasteiger partial charge in [0.2, 0.25) is 0 Å². The van der Waals surface area contributed by atoms with E-state index in [1.807, 2.05) is 28.8 Å². The van der Waals surface area contributed by atoms with Crippen LogP contribution in [0.5, 0.6) is 0 Å². The van der Waals surface area contributed by atoms with Crippen LogP contribution in [0.1, 0.15) is 35.6 Å². The van der Waals surface area contributed by atoms with Gasteiger partial charge in [-0.15, -0.1) is 10.2 Å². The van der Waals surface area contributed by atoms with Gasteiger partial charge in [0.1, 0.15) is 5.82 Å². The lowest BCUT2D eigenvalue weighted by atomic mass is 10.2. The molecule has 0 atom stereocenters. The molecular formula is C21H22ClFN4OS. The molecule has 1 heterocycles. The number of hydrogen-bond acceptors (Lipinski definition) is 4. The zero-order valence-corrected chi connectivity index (χ0v) is 17.8. The van der Waals surface area contributed by atoms with Gasteiger partial charge in [-0.3, -0.25) is 4.79 Å². The lowest BCUT2D eigenvalue weighted by Gasteiger charge is -2.13. The van der Waals surface area contributed by atoms with Crippen molar-refractivity contribution in [2.75, 3.05) is 0 Å². The number of hydrogen-bond donors (Lipinski definition) is 1. The van der Waals surface area contributed by atoms with Crippen molar-refractivity contribution < 1.29 is 9.18 Å². The number of rotatable bonds is 8. The first-order valence-electron chi connectivity index (χ1n) is 9.26. The van der Waals surface area contributed by atoms with E-state index in [1.54, 1.807) is 23.9 Å². The fraction of sp³-hybridized carbons (Fsp3) is 0.286. The van der Waals surface area contributed by atoms with Gasteiger partial charge in [0.05, 0.1) is 12.1 Å². The van der Waals surface area contributed by atoms with E-state index in [4.69, 9.17) is 11.6 Å². The maximum Gasteiger partial charge on any atom is 0.254 e. The van der Waals surface area contributed by atoms with Crippen LogP contribution in [0.3, 0.4) is 0 Å². The van der Waals surface area contributed by atoms with Crippen molar-refractivity contribution in [3.8, 4) is 0 Å². The van der Waals surface area contributed by atoms with Crippen molar-refractivity contribution in [2.24, 2.45) is 5.92 Å². The molecule has 1 aromatic heterocycles. The van der Waals surface area contributed by atoms with Gasteiger partial charge < -0.3 is 9.88 Å². The molecule has 0 spiro atoms. The first-order valence-corrected chi connectivity index (χ1v) is 10.6. The van der Waals surface area contributed by atoms with Gasteiger partial charge in [0, 0.05) is 17.3 Å². The number of benzene rings is 2. The molecule has 0 aliphatic carbocycles. The summed E-state index contributed by atoms with van der Waals surface area (Å²) in [5.41, 5.74) is 1.03. The highest BCUT2D eigenvalue weighted by Gasteiger charge is 2.17. The van der Waals surface area contributed by atoms with Crippen molar-refractivity contribution in [1.29, 1.82) is 0 Å². The Balaban J connectivity index is 1.72. The summed E-state index contributed by atoms with van der Waals surface area (Å²) >= 11 is 7.78. The molecule has 3 aromatic rings. The van der Waals surface area contributed by atoms with Crippen molar-refractivity contribution >= 4 is 29.3 Å². The van der Waals surface area contributed by atoms with Gasteiger partial charge in [-0.2, -0.15) is 0 Å². The first-order chi connectivity index (χ1) is 14.0. The highest BCUT2D eigenvalue weighted by Crippen LogP contribution is 2.26. The summed E-state index contributed by atoms with van der Waals surface area (Å²) in [5, 5.41) is 12.7. The summed E-state index contributed by atoms with van der Waals surface area (Å²) in [6.07, 6.45) is 0.